The number of pyridine rings is 1. The summed E-state index contributed by atoms with van der Waals surface area (Å²) in [4.78, 5) is 25.2. The molecule has 1 amide bonds. The highest BCUT2D eigenvalue weighted by Gasteiger charge is 2.31. The summed E-state index contributed by atoms with van der Waals surface area (Å²) in [5.74, 6) is -2.21. The van der Waals surface area contributed by atoms with E-state index in [0.717, 1.165) is 6.07 Å². The van der Waals surface area contributed by atoms with Gasteiger partial charge in [-0.05, 0) is 13.0 Å². The first kappa shape index (κ1) is 24.3. The van der Waals surface area contributed by atoms with Gasteiger partial charge in [-0.2, -0.15) is 14.6 Å². The minimum absolute atomic E-state index is 0.119. The van der Waals surface area contributed by atoms with Crippen molar-refractivity contribution in [2.45, 2.75) is 19.0 Å². The molecule has 192 valence electrons. The third-order valence-electron chi connectivity index (χ3n) is 6.03. The summed E-state index contributed by atoms with van der Waals surface area (Å²) in [5, 5.41) is 10.7. The first-order chi connectivity index (χ1) is 17.8. The van der Waals surface area contributed by atoms with Gasteiger partial charge in [-0.1, -0.05) is 6.58 Å². The fourth-order valence-corrected chi connectivity index (χ4v) is 4.13. The van der Waals surface area contributed by atoms with Crippen molar-refractivity contribution in [3.63, 3.8) is 0 Å². The van der Waals surface area contributed by atoms with Gasteiger partial charge in [-0.3, -0.25) is 4.79 Å². The Bertz CT molecular complexity index is 1510. The van der Waals surface area contributed by atoms with Crippen LogP contribution in [0.25, 0.3) is 27.8 Å². The van der Waals surface area contributed by atoms with E-state index in [2.05, 4.69) is 37.3 Å². The Labute approximate surface area is 209 Å². The number of fused-ring (bicyclic) bond motifs is 3. The van der Waals surface area contributed by atoms with Crippen LogP contribution in [0.2, 0.25) is 0 Å². The Kier molecular flexibility index (Phi) is 6.29. The summed E-state index contributed by atoms with van der Waals surface area (Å²) in [6, 6.07) is 2.05. The topological polar surface area (TPSA) is 125 Å². The molecule has 3 aromatic heterocycles. The van der Waals surface area contributed by atoms with E-state index in [9.17, 15) is 4.79 Å². The summed E-state index contributed by atoms with van der Waals surface area (Å²) in [6.45, 7) is 5.92. The van der Waals surface area contributed by atoms with E-state index in [1.807, 2.05) is 0 Å². The fraction of sp³-hybridized carbons (Fsp3) is 0.292. The Morgan fingerprint density at radius 3 is 2.49 bits per heavy atom. The van der Waals surface area contributed by atoms with Crippen LogP contribution in [0, 0.1) is 11.6 Å². The van der Waals surface area contributed by atoms with E-state index in [0.29, 0.717) is 29.8 Å². The number of ether oxygens (including phenoxy) is 3. The molecular formula is C24H23F2N7O4. The van der Waals surface area contributed by atoms with Gasteiger partial charge in [0.15, 0.2) is 34.4 Å². The van der Waals surface area contributed by atoms with Crippen molar-refractivity contribution in [1.82, 2.24) is 29.9 Å². The van der Waals surface area contributed by atoms with Gasteiger partial charge in [0.05, 0.1) is 45.1 Å². The van der Waals surface area contributed by atoms with Crippen molar-refractivity contribution in [3.05, 3.63) is 48.4 Å². The molecule has 2 atom stereocenters. The van der Waals surface area contributed by atoms with Crippen LogP contribution in [0.3, 0.4) is 0 Å². The molecule has 1 fully saturated rings. The van der Waals surface area contributed by atoms with Crippen molar-refractivity contribution in [2.75, 3.05) is 32.8 Å². The Morgan fingerprint density at radius 1 is 1.11 bits per heavy atom. The third kappa shape index (κ3) is 4.27. The minimum Gasteiger partial charge on any atom is -0.494 e. The first-order valence-electron chi connectivity index (χ1n) is 11.2. The van der Waals surface area contributed by atoms with Gasteiger partial charge in [-0.25, -0.2) is 18.7 Å². The fourth-order valence-electron chi connectivity index (χ4n) is 4.13. The van der Waals surface area contributed by atoms with Gasteiger partial charge in [0.25, 0.3) is 0 Å². The maximum atomic E-state index is 15.3. The number of nitrogens with one attached hydrogen (secondary N) is 2. The number of benzene rings is 1. The van der Waals surface area contributed by atoms with E-state index in [4.69, 9.17) is 14.2 Å². The lowest BCUT2D eigenvalue weighted by molar-refractivity contribution is -0.118. The molecule has 1 aromatic carbocycles. The van der Waals surface area contributed by atoms with Crippen LogP contribution in [0.1, 0.15) is 6.92 Å². The molecule has 0 aliphatic carbocycles. The highest BCUT2D eigenvalue weighted by Crippen LogP contribution is 2.39. The van der Waals surface area contributed by atoms with Crippen LogP contribution in [-0.2, 0) is 9.53 Å². The smallest absolute Gasteiger partial charge is 0.246 e. The number of aromatic nitrogens is 5. The molecular weight excluding hydrogens is 488 g/mol. The number of carbonyl (C=O) groups is 1. The number of nitrogens with zero attached hydrogens (tertiary/aromatic N) is 5. The zero-order chi connectivity index (χ0) is 26.3. The highest BCUT2D eigenvalue weighted by atomic mass is 19.1. The predicted molar refractivity (Wildman–Crippen MR) is 130 cm³/mol. The maximum absolute atomic E-state index is 15.3. The molecule has 11 nitrogen and oxygen atoms in total. The van der Waals surface area contributed by atoms with Crippen LogP contribution in [0.5, 0.6) is 11.5 Å². The molecule has 2 N–H and O–H groups in total. The van der Waals surface area contributed by atoms with Crippen LogP contribution < -0.4 is 20.1 Å². The Balaban J connectivity index is 1.56. The zero-order valence-electron chi connectivity index (χ0n) is 20.2. The zero-order valence-corrected chi connectivity index (χ0v) is 20.2. The van der Waals surface area contributed by atoms with Gasteiger partial charge in [0.1, 0.15) is 6.33 Å². The van der Waals surface area contributed by atoms with E-state index in [1.165, 1.54) is 37.3 Å². The average molecular weight is 511 g/mol. The van der Waals surface area contributed by atoms with E-state index >= 15 is 8.78 Å². The highest BCUT2D eigenvalue weighted by molar-refractivity contribution is 5.92. The minimum atomic E-state index is -0.909. The summed E-state index contributed by atoms with van der Waals surface area (Å²) < 4.78 is 47.6. The number of halogens is 2. The van der Waals surface area contributed by atoms with E-state index in [-0.39, 0.29) is 52.2 Å². The van der Waals surface area contributed by atoms with Crippen molar-refractivity contribution >= 4 is 28.5 Å². The van der Waals surface area contributed by atoms with Crippen molar-refractivity contribution < 1.29 is 27.8 Å². The molecule has 37 heavy (non-hydrogen) atoms. The molecule has 4 heterocycles. The standard InChI is InChI=1S/C24H23F2N7O4/c1-11(2)23(34)30-14-8-37-9-15(14)31-24-27-7-12-5-13(22-28-10-29-33(22)21(12)32-24)18-19(25)16(35-3)6-17(36-4)20(18)26/h5-7,10,14-15H,1,8-9H2,2-4H3,(H,30,34)(H,27,31,32)/t14-,15+/m1/s1. The summed E-state index contributed by atoms with van der Waals surface area (Å²) in [7, 11) is 2.55. The van der Waals surface area contributed by atoms with E-state index in [1.54, 1.807) is 6.92 Å². The number of hydrogen-bond acceptors (Lipinski definition) is 9. The van der Waals surface area contributed by atoms with Gasteiger partial charge in [-0.15, -0.1) is 0 Å². The average Bonchev–Trinajstić information content (AvgIpc) is 3.54. The van der Waals surface area contributed by atoms with E-state index < -0.39 is 11.6 Å². The lowest BCUT2D eigenvalue weighted by Gasteiger charge is -2.20. The Hall–Kier alpha value is -4.39. The normalized spacial score (nSPS) is 17.2. The molecule has 0 bridgehead atoms. The molecule has 5 rings (SSSR count). The first-order valence-corrected chi connectivity index (χ1v) is 11.2. The summed E-state index contributed by atoms with van der Waals surface area (Å²) in [6.07, 6.45) is 2.76. The predicted octanol–water partition coefficient (Wildman–Crippen LogP) is 2.51. The number of amides is 1. The number of carbonyl (C=O) groups excluding carboxylic acids is 1. The Morgan fingerprint density at radius 2 is 1.81 bits per heavy atom. The molecule has 0 saturated carbocycles. The van der Waals surface area contributed by atoms with Crippen molar-refractivity contribution in [2.24, 2.45) is 0 Å². The third-order valence-corrected chi connectivity index (χ3v) is 6.03. The number of methoxy groups -OCH3 is 2. The van der Waals surface area contributed by atoms with Gasteiger partial charge >= 0.3 is 0 Å². The molecule has 0 radical (unpaired) electrons. The van der Waals surface area contributed by atoms with Crippen LogP contribution in [0.15, 0.2) is 36.8 Å². The number of rotatable bonds is 7. The van der Waals surface area contributed by atoms with Crippen LogP contribution in [-0.4, -0.2) is 70.0 Å². The lowest BCUT2D eigenvalue weighted by Crippen LogP contribution is -2.46. The van der Waals surface area contributed by atoms with Gasteiger partial charge < -0.3 is 24.8 Å². The maximum Gasteiger partial charge on any atom is 0.246 e. The molecule has 13 heteroatoms. The van der Waals surface area contributed by atoms with Crippen LogP contribution in [0.4, 0.5) is 14.7 Å². The summed E-state index contributed by atoms with van der Waals surface area (Å²) in [5.41, 5.74) is 0.649. The SMILES string of the molecule is C=C(C)C(=O)N[C@@H]1COC[C@@H]1Nc1ncc2cc(-c3c(F)c(OC)cc(OC)c3F)c3ncnn3c2n1. The van der Waals surface area contributed by atoms with Crippen LogP contribution >= 0.6 is 0 Å². The molecule has 0 unspecified atom stereocenters. The van der Waals surface area contributed by atoms with Gasteiger partial charge in [0.2, 0.25) is 11.9 Å². The van der Waals surface area contributed by atoms with Crippen molar-refractivity contribution in [1.29, 1.82) is 0 Å². The van der Waals surface area contributed by atoms with Gasteiger partial charge in [0, 0.05) is 28.8 Å². The quantitative estimate of drug-likeness (QED) is 0.360. The second kappa shape index (κ2) is 9.58. The summed E-state index contributed by atoms with van der Waals surface area (Å²) >= 11 is 0. The molecule has 1 aliphatic heterocycles. The monoisotopic (exact) mass is 511 g/mol. The second-order valence-electron chi connectivity index (χ2n) is 8.46. The largest absolute Gasteiger partial charge is 0.494 e. The molecule has 1 saturated heterocycles. The van der Waals surface area contributed by atoms with Crippen molar-refractivity contribution in [3.8, 4) is 22.6 Å². The lowest BCUT2D eigenvalue weighted by atomic mass is 10.0. The molecule has 1 aliphatic rings. The molecule has 0 spiro atoms. The molecule has 4 aromatic rings. The number of hydrogen-bond donors (Lipinski definition) is 2. The second-order valence-corrected chi connectivity index (χ2v) is 8.46. The number of anilines is 1.